The molecule has 0 heterocycles. The van der Waals surface area contributed by atoms with Crippen molar-refractivity contribution < 1.29 is 31.0 Å². The molecule has 0 saturated carbocycles. The third kappa shape index (κ3) is 3.16. The first-order valence-corrected chi connectivity index (χ1v) is 12.0. The maximum Gasteiger partial charge on any atom is 0.294 e. The van der Waals surface area contributed by atoms with Crippen molar-refractivity contribution in [3.05, 3.63) is 88.5 Å². The molecular formula is C20H17N3O7S2. The lowest BCUT2D eigenvalue weighted by atomic mass is 9.77. The summed E-state index contributed by atoms with van der Waals surface area (Å²) >= 11 is 0. The van der Waals surface area contributed by atoms with Crippen LogP contribution in [0.15, 0.2) is 65.6 Å². The maximum atomic E-state index is 13.4. The molecule has 0 unspecified atom stereocenters. The van der Waals surface area contributed by atoms with E-state index in [4.69, 9.17) is 16.6 Å². The van der Waals surface area contributed by atoms with Gasteiger partial charge in [0.15, 0.2) is 11.6 Å². The highest BCUT2D eigenvalue weighted by Gasteiger charge is 2.49. The Balaban J connectivity index is 2.21. The predicted molar refractivity (Wildman–Crippen MR) is 114 cm³/mol. The molecule has 0 radical (unpaired) electrons. The van der Waals surface area contributed by atoms with E-state index in [1.165, 1.54) is 18.2 Å². The molecule has 0 amide bonds. The molecule has 0 saturated heterocycles. The number of ketones is 2. The molecule has 7 N–H and O–H groups in total. The molecule has 0 atom stereocenters. The van der Waals surface area contributed by atoms with Crippen LogP contribution in [-0.2, 0) is 24.9 Å². The normalized spacial score (nSPS) is 18.9. The van der Waals surface area contributed by atoms with Gasteiger partial charge in [-0.15, -0.1) is 0 Å². The van der Waals surface area contributed by atoms with Crippen molar-refractivity contribution in [2.24, 2.45) is 16.6 Å². The van der Waals surface area contributed by atoms with E-state index in [2.05, 4.69) is 0 Å². The Hall–Kier alpha value is -3.00. The molecule has 166 valence electrons. The summed E-state index contributed by atoms with van der Waals surface area (Å²) in [5.74, 6) is -1.43. The molecule has 2 aliphatic rings. The van der Waals surface area contributed by atoms with Gasteiger partial charge in [0.05, 0.1) is 0 Å². The van der Waals surface area contributed by atoms with E-state index in [1.54, 1.807) is 6.07 Å². The van der Waals surface area contributed by atoms with Crippen LogP contribution < -0.4 is 16.6 Å². The zero-order chi connectivity index (χ0) is 23.7. The van der Waals surface area contributed by atoms with Crippen LogP contribution in [-0.4, -0.2) is 38.6 Å². The van der Waals surface area contributed by atoms with E-state index in [1.807, 2.05) is 0 Å². The minimum Gasteiger partial charge on any atom is -0.307 e. The van der Waals surface area contributed by atoms with Gasteiger partial charge in [-0.1, -0.05) is 36.4 Å². The Morgan fingerprint density at radius 1 is 0.750 bits per heavy atom. The van der Waals surface area contributed by atoms with Crippen molar-refractivity contribution >= 4 is 31.7 Å². The van der Waals surface area contributed by atoms with Gasteiger partial charge >= 0.3 is 0 Å². The molecule has 0 fully saturated rings. The standard InChI is InChI=1S/C20H17N3O7S2/c21-20(22)9-7-19(8-10-20,32(23,29)30)16-14(31(26,27)28)6-5-13-15(16)18(25)12-4-2-1-3-11(12)17(13)24/h1-10H,21-22H2,(H2,23,29,30)(H,26,27,28). The second-order valence-electron chi connectivity index (χ2n) is 7.54. The van der Waals surface area contributed by atoms with E-state index in [9.17, 15) is 31.0 Å². The first-order chi connectivity index (χ1) is 14.7. The molecule has 0 aromatic heterocycles. The molecule has 32 heavy (non-hydrogen) atoms. The van der Waals surface area contributed by atoms with Crippen LogP contribution in [0.5, 0.6) is 0 Å². The second-order valence-corrected chi connectivity index (χ2v) is 10.7. The SMILES string of the molecule is NC1(N)C=CC(c2c(S(=O)(=O)O)ccc3c2C(=O)c2ccccc2C3=O)(S(N)(=O)=O)C=C1. The number of nitrogens with two attached hydrogens (primary N) is 3. The molecule has 0 spiro atoms. The third-order valence-corrected chi connectivity index (χ3v) is 7.75. The van der Waals surface area contributed by atoms with Crippen molar-refractivity contribution in [2.75, 3.05) is 0 Å². The van der Waals surface area contributed by atoms with Gasteiger partial charge in [-0.25, -0.2) is 13.6 Å². The van der Waals surface area contributed by atoms with E-state index < -0.39 is 58.1 Å². The summed E-state index contributed by atoms with van der Waals surface area (Å²) in [7, 11) is -9.82. The topological polar surface area (TPSA) is 201 Å². The molecule has 2 aromatic carbocycles. The zero-order valence-corrected chi connectivity index (χ0v) is 17.9. The number of hydrogen-bond acceptors (Lipinski definition) is 8. The van der Waals surface area contributed by atoms with Crippen LogP contribution in [0.2, 0.25) is 0 Å². The van der Waals surface area contributed by atoms with Crippen LogP contribution in [0.3, 0.4) is 0 Å². The lowest BCUT2D eigenvalue weighted by Gasteiger charge is -2.35. The van der Waals surface area contributed by atoms with Gasteiger partial charge in [0.1, 0.15) is 15.3 Å². The molecule has 2 aliphatic carbocycles. The van der Waals surface area contributed by atoms with Crippen molar-refractivity contribution in [2.45, 2.75) is 15.3 Å². The molecule has 12 heteroatoms. The number of fused-ring (bicyclic) bond motifs is 2. The van der Waals surface area contributed by atoms with Gasteiger partial charge in [-0.3, -0.25) is 14.1 Å². The minimum atomic E-state index is -5.08. The highest BCUT2D eigenvalue weighted by atomic mass is 32.2. The first-order valence-electron chi connectivity index (χ1n) is 9.04. The summed E-state index contributed by atoms with van der Waals surface area (Å²) in [6, 6.07) is 7.70. The fourth-order valence-electron chi connectivity index (χ4n) is 3.92. The summed E-state index contributed by atoms with van der Waals surface area (Å²) < 4.78 is 57.6. The van der Waals surface area contributed by atoms with Gasteiger partial charge in [-0.05, 0) is 24.3 Å². The molecule has 2 aromatic rings. The molecule has 10 nitrogen and oxygen atoms in total. The number of rotatable bonds is 3. The van der Waals surface area contributed by atoms with E-state index in [-0.39, 0.29) is 16.7 Å². The molecule has 0 aliphatic heterocycles. The summed E-state index contributed by atoms with van der Waals surface area (Å²) in [6.45, 7) is 0. The second kappa shape index (κ2) is 6.75. The number of carbonyl (C=O) groups excluding carboxylic acids is 2. The lowest BCUT2D eigenvalue weighted by Crippen LogP contribution is -2.50. The monoisotopic (exact) mass is 475 g/mol. The van der Waals surface area contributed by atoms with Crippen LogP contribution >= 0.6 is 0 Å². The fourth-order valence-corrected chi connectivity index (χ4v) is 5.76. The van der Waals surface area contributed by atoms with Crippen LogP contribution in [0.1, 0.15) is 37.4 Å². The highest BCUT2D eigenvalue weighted by Crippen LogP contribution is 2.44. The smallest absolute Gasteiger partial charge is 0.294 e. The molecule has 4 rings (SSSR count). The van der Waals surface area contributed by atoms with Crippen molar-refractivity contribution in [3.8, 4) is 0 Å². The molecule has 0 bridgehead atoms. The van der Waals surface area contributed by atoms with Crippen LogP contribution in [0.4, 0.5) is 0 Å². The fraction of sp³-hybridized carbons (Fsp3) is 0.100. The first kappa shape index (κ1) is 22.2. The van der Waals surface area contributed by atoms with Gasteiger partial charge < -0.3 is 11.5 Å². The van der Waals surface area contributed by atoms with Crippen LogP contribution in [0.25, 0.3) is 0 Å². The Morgan fingerprint density at radius 3 is 1.78 bits per heavy atom. The lowest BCUT2D eigenvalue weighted by molar-refractivity contribution is 0.0977. The van der Waals surface area contributed by atoms with Crippen LogP contribution in [0, 0.1) is 0 Å². The van der Waals surface area contributed by atoms with Crippen molar-refractivity contribution in [3.63, 3.8) is 0 Å². The quantitative estimate of drug-likeness (QED) is 0.227. The van der Waals surface area contributed by atoms with E-state index in [0.717, 1.165) is 36.4 Å². The Morgan fingerprint density at radius 2 is 1.28 bits per heavy atom. The summed E-state index contributed by atoms with van der Waals surface area (Å²) in [5.41, 5.74) is 8.54. The van der Waals surface area contributed by atoms with Gasteiger partial charge in [0.2, 0.25) is 10.0 Å². The predicted octanol–water partition coefficient (Wildman–Crippen LogP) is -0.0678. The summed E-state index contributed by atoms with van der Waals surface area (Å²) in [4.78, 5) is 25.6. The highest BCUT2D eigenvalue weighted by molar-refractivity contribution is 7.90. The number of sulfonamides is 1. The van der Waals surface area contributed by atoms with E-state index in [0.29, 0.717) is 0 Å². The van der Waals surface area contributed by atoms with E-state index >= 15 is 0 Å². The average molecular weight is 476 g/mol. The summed E-state index contributed by atoms with van der Waals surface area (Å²) in [5, 5.41) is 5.50. The minimum absolute atomic E-state index is 0.0564. The Bertz CT molecular complexity index is 1470. The average Bonchev–Trinajstić information content (AvgIpc) is 2.70. The Labute approximate surface area is 183 Å². The van der Waals surface area contributed by atoms with Crippen molar-refractivity contribution in [1.29, 1.82) is 0 Å². The summed E-state index contributed by atoms with van der Waals surface area (Å²) in [6.07, 6.45) is 4.00. The largest absolute Gasteiger partial charge is 0.307 e. The zero-order valence-electron chi connectivity index (χ0n) is 16.2. The number of carbonyl (C=O) groups is 2. The van der Waals surface area contributed by atoms with Gasteiger partial charge in [0.25, 0.3) is 10.1 Å². The van der Waals surface area contributed by atoms with Crippen molar-refractivity contribution in [1.82, 2.24) is 0 Å². The maximum absolute atomic E-state index is 13.4. The third-order valence-electron chi connectivity index (χ3n) is 5.43. The number of primary sulfonamides is 1. The van der Waals surface area contributed by atoms with Gasteiger partial charge in [-0.2, -0.15) is 8.42 Å². The van der Waals surface area contributed by atoms with Gasteiger partial charge in [0, 0.05) is 27.8 Å². The number of hydrogen-bond donors (Lipinski definition) is 4. The molecular weight excluding hydrogens is 458 g/mol. The Kier molecular flexibility index (Phi) is 4.68. The number of benzene rings is 2.